The van der Waals surface area contributed by atoms with E-state index in [9.17, 15) is 4.79 Å². The first-order valence-electron chi connectivity index (χ1n) is 11.7. The number of aryl methyl sites for hydroxylation is 1. The molecule has 0 aliphatic carbocycles. The van der Waals surface area contributed by atoms with Gasteiger partial charge >= 0.3 is 5.97 Å². The fourth-order valence-corrected chi connectivity index (χ4v) is 3.98. The Kier molecular flexibility index (Phi) is 6.57. The normalized spacial score (nSPS) is 11.0. The van der Waals surface area contributed by atoms with E-state index in [1.165, 1.54) is 0 Å². The molecule has 0 bridgehead atoms. The maximum absolute atomic E-state index is 11.8. The number of carbonyl (C=O) groups is 1. The number of nitrogens with zero attached hydrogens (tertiary/aromatic N) is 5. The molecule has 0 spiro atoms. The predicted molar refractivity (Wildman–Crippen MR) is 135 cm³/mol. The summed E-state index contributed by atoms with van der Waals surface area (Å²) in [6.45, 7) is 2.75. The molecule has 0 saturated carbocycles. The van der Waals surface area contributed by atoms with Crippen molar-refractivity contribution >= 4 is 17.0 Å². The lowest BCUT2D eigenvalue weighted by atomic mass is 10.0. The predicted octanol–water partition coefficient (Wildman–Crippen LogP) is 5.57. The Morgan fingerprint density at radius 3 is 2.29 bits per heavy atom. The zero-order valence-electron chi connectivity index (χ0n) is 19.5. The van der Waals surface area contributed by atoms with Gasteiger partial charge in [-0.3, -0.25) is 14.8 Å². The van der Waals surface area contributed by atoms with Crippen LogP contribution in [0.1, 0.15) is 19.8 Å². The number of hydrogen-bond acceptors (Lipinski definition) is 6. The molecule has 7 nitrogen and oxygen atoms in total. The molecular weight excluding hydrogens is 438 g/mol. The fourth-order valence-electron chi connectivity index (χ4n) is 3.98. The van der Waals surface area contributed by atoms with Crippen molar-refractivity contribution in [3.63, 3.8) is 0 Å². The Labute approximate surface area is 203 Å². The number of esters is 1. The van der Waals surface area contributed by atoms with Crippen LogP contribution in [0.25, 0.3) is 44.9 Å². The summed E-state index contributed by atoms with van der Waals surface area (Å²) in [5, 5.41) is 4.79. The lowest BCUT2D eigenvalue weighted by Gasteiger charge is -2.07. The van der Waals surface area contributed by atoms with Gasteiger partial charge in [-0.2, -0.15) is 5.10 Å². The number of aromatic nitrogens is 5. The number of benzene rings is 3. The molecule has 5 rings (SSSR count). The topological polar surface area (TPSA) is 82.8 Å². The molecule has 0 atom stereocenters. The Balaban J connectivity index is 1.47. The number of rotatable bonds is 8. The van der Waals surface area contributed by atoms with Crippen LogP contribution in [-0.2, 0) is 16.1 Å². The molecule has 0 N–H and O–H groups in total. The second-order valence-electron chi connectivity index (χ2n) is 8.09. The van der Waals surface area contributed by atoms with Crippen LogP contribution in [0, 0.1) is 0 Å². The van der Waals surface area contributed by atoms with Crippen LogP contribution in [0.3, 0.4) is 0 Å². The summed E-state index contributed by atoms with van der Waals surface area (Å²) in [7, 11) is 0. The fraction of sp³-hybridized carbons (Fsp3) is 0.179. The molecule has 0 radical (unpaired) electrons. The quantitative estimate of drug-likeness (QED) is 0.280. The van der Waals surface area contributed by atoms with E-state index >= 15 is 0 Å². The number of ether oxygens (including phenoxy) is 1. The molecule has 5 aromatic rings. The van der Waals surface area contributed by atoms with Gasteiger partial charge in [-0.05, 0) is 42.7 Å². The summed E-state index contributed by atoms with van der Waals surface area (Å²) in [6, 6.07) is 24.4. The smallest absolute Gasteiger partial charge is 0.305 e. The highest BCUT2D eigenvalue weighted by Crippen LogP contribution is 2.27. The van der Waals surface area contributed by atoms with Gasteiger partial charge in [0.2, 0.25) is 0 Å². The van der Waals surface area contributed by atoms with Gasteiger partial charge in [0.15, 0.2) is 11.6 Å². The summed E-state index contributed by atoms with van der Waals surface area (Å²) in [5.74, 6) is 1.16. The molecule has 0 aliphatic rings. The highest BCUT2D eigenvalue weighted by Gasteiger charge is 2.15. The van der Waals surface area contributed by atoms with E-state index in [1.807, 2.05) is 48.0 Å². The van der Waals surface area contributed by atoms with E-state index in [0.717, 1.165) is 39.1 Å². The summed E-state index contributed by atoms with van der Waals surface area (Å²) in [5.41, 5.74) is 5.73. The van der Waals surface area contributed by atoms with Gasteiger partial charge in [-0.15, -0.1) is 0 Å². The largest absolute Gasteiger partial charge is 0.466 e. The second-order valence-corrected chi connectivity index (χ2v) is 8.09. The molecule has 2 aromatic heterocycles. The highest BCUT2D eigenvalue weighted by atomic mass is 16.5. The van der Waals surface area contributed by atoms with Gasteiger partial charge in [-0.25, -0.2) is 9.67 Å². The van der Waals surface area contributed by atoms with Crippen molar-refractivity contribution in [2.45, 2.75) is 26.3 Å². The first-order valence-corrected chi connectivity index (χ1v) is 11.7. The average molecular weight is 464 g/mol. The summed E-state index contributed by atoms with van der Waals surface area (Å²) < 4.78 is 6.94. The van der Waals surface area contributed by atoms with E-state index < -0.39 is 0 Å². The summed E-state index contributed by atoms with van der Waals surface area (Å²) >= 11 is 0. The van der Waals surface area contributed by atoms with Crippen LogP contribution < -0.4 is 0 Å². The standard InChI is InChI=1S/C28H25N5O2/c1-2-35-26(34)9-6-18-33-28(22-12-10-21(11-13-22)20-7-4-3-5-8-20)31-27(32-33)23-14-15-24-25(19-23)30-17-16-29-24/h3-5,7-8,10-17,19H,2,6,9,18H2,1H3. The molecular formula is C28H25N5O2. The molecule has 0 unspecified atom stereocenters. The van der Waals surface area contributed by atoms with Crippen molar-refractivity contribution < 1.29 is 9.53 Å². The van der Waals surface area contributed by atoms with Gasteiger partial charge in [0.1, 0.15) is 0 Å². The molecule has 0 amide bonds. The second kappa shape index (κ2) is 10.3. The monoisotopic (exact) mass is 463 g/mol. The molecule has 3 aromatic carbocycles. The Morgan fingerprint density at radius 1 is 0.829 bits per heavy atom. The van der Waals surface area contributed by atoms with Gasteiger partial charge in [0.25, 0.3) is 0 Å². The summed E-state index contributed by atoms with van der Waals surface area (Å²) in [6.07, 6.45) is 4.30. The van der Waals surface area contributed by atoms with E-state index in [2.05, 4.69) is 46.4 Å². The molecule has 0 saturated heterocycles. The van der Waals surface area contributed by atoms with E-state index in [0.29, 0.717) is 31.8 Å². The lowest BCUT2D eigenvalue weighted by molar-refractivity contribution is -0.143. The number of hydrogen-bond donors (Lipinski definition) is 0. The summed E-state index contributed by atoms with van der Waals surface area (Å²) in [4.78, 5) is 25.5. The van der Waals surface area contributed by atoms with Crippen LogP contribution in [-0.4, -0.2) is 37.3 Å². The first kappa shape index (κ1) is 22.4. The van der Waals surface area contributed by atoms with Crippen LogP contribution in [0.15, 0.2) is 85.2 Å². The Morgan fingerprint density at radius 2 is 1.51 bits per heavy atom. The zero-order chi connectivity index (χ0) is 24.0. The minimum atomic E-state index is -0.199. The minimum absolute atomic E-state index is 0.199. The van der Waals surface area contributed by atoms with Crippen LogP contribution in [0.5, 0.6) is 0 Å². The SMILES string of the molecule is CCOC(=O)CCCn1nc(-c2ccc3nccnc3c2)nc1-c1ccc(-c2ccccc2)cc1. The molecule has 174 valence electrons. The highest BCUT2D eigenvalue weighted by molar-refractivity contribution is 5.79. The minimum Gasteiger partial charge on any atom is -0.466 e. The van der Waals surface area contributed by atoms with Crippen molar-refractivity contribution in [3.05, 3.63) is 85.2 Å². The van der Waals surface area contributed by atoms with Crippen molar-refractivity contribution in [2.75, 3.05) is 6.61 Å². The van der Waals surface area contributed by atoms with Gasteiger partial charge in [0.05, 0.1) is 17.6 Å². The lowest BCUT2D eigenvalue weighted by Crippen LogP contribution is -2.08. The molecule has 35 heavy (non-hydrogen) atoms. The van der Waals surface area contributed by atoms with E-state index in [-0.39, 0.29) is 5.97 Å². The Bertz CT molecular complexity index is 1450. The third kappa shape index (κ3) is 5.09. The molecule has 7 heteroatoms. The van der Waals surface area contributed by atoms with E-state index in [4.69, 9.17) is 14.8 Å². The third-order valence-electron chi connectivity index (χ3n) is 5.71. The maximum atomic E-state index is 11.8. The molecule has 0 aliphatic heterocycles. The van der Waals surface area contributed by atoms with Crippen molar-refractivity contribution in [1.29, 1.82) is 0 Å². The van der Waals surface area contributed by atoms with Crippen LogP contribution in [0.2, 0.25) is 0 Å². The number of fused-ring (bicyclic) bond motifs is 1. The zero-order valence-corrected chi connectivity index (χ0v) is 19.5. The average Bonchev–Trinajstić information content (AvgIpc) is 3.33. The van der Waals surface area contributed by atoms with Crippen molar-refractivity contribution in [3.8, 4) is 33.9 Å². The molecule has 2 heterocycles. The van der Waals surface area contributed by atoms with Gasteiger partial charge < -0.3 is 4.74 Å². The van der Waals surface area contributed by atoms with Gasteiger partial charge in [-0.1, -0.05) is 54.6 Å². The van der Waals surface area contributed by atoms with Crippen molar-refractivity contribution in [2.24, 2.45) is 0 Å². The first-order chi connectivity index (χ1) is 17.2. The van der Waals surface area contributed by atoms with Crippen molar-refractivity contribution in [1.82, 2.24) is 24.7 Å². The van der Waals surface area contributed by atoms with Gasteiger partial charge in [0, 0.05) is 36.5 Å². The third-order valence-corrected chi connectivity index (χ3v) is 5.71. The van der Waals surface area contributed by atoms with E-state index in [1.54, 1.807) is 12.4 Å². The number of carbonyl (C=O) groups excluding carboxylic acids is 1. The molecule has 0 fully saturated rings. The Hall–Kier alpha value is -4.39. The van der Waals surface area contributed by atoms with Crippen LogP contribution >= 0.6 is 0 Å². The maximum Gasteiger partial charge on any atom is 0.305 e. The van der Waals surface area contributed by atoms with Crippen LogP contribution in [0.4, 0.5) is 0 Å².